The number of piperazine rings is 1. The van der Waals surface area contributed by atoms with Crippen LogP contribution >= 0.6 is 12.4 Å². The number of anilines is 1. The van der Waals surface area contributed by atoms with Gasteiger partial charge >= 0.3 is 0 Å². The first-order valence-corrected chi connectivity index (χ1v) is 7.87. The summed E-state index contributed by atoms with van der Waals surface area (Å²) in [6.07, 6.45) is 8.05. The van der Waals surface area contributed by atoms with Crippen LogP contribution in [0.15, 0.2) is 12.4 Å². The van der Waals surface area contributed by atoms with Gasteiger partial charge in [-0.25, -0.2) is 0 Å². The van der Waals surface area contributed by atoms with Crippen molar-refractivity contribution in [3.63, 3.8) is 0 Å². The second-order valence-corrected chi connectivity index (χ2v) is 6.36. The Morgan fingerprint density at radius 3 is 2.52 bits per heavy atom. The molecule has 2 heterocycles. The number of hydrogen-bond acceptors (Lipinski definition) is 4. The normalized spacial score (nSPS) is 21.0. The van der Waals surface area contributed by atoms with Crippen LogP contribution in [0.1, 0.15) is 32.1 Å². The molecule has 0 aromatic carbocycles. The fourth-order valence-corrected chi connectivity index (χ4v) is 3.38. The van der Waals surface area contributed by atoms with E-state index >= 15 is 0 Å². The molecule has 2 amide bonds. The van der Waals surface area contributed by atoms with E-state index in [0.29, 0.717) is 13.1 Å². The minimum atomic E-state index is -0.769. The van der Waals surface area contributed by atoms with Crippen LogP contribution in [0, 0.1) is 0 Å². The molecule has 1 aliphatic heterocycles. The lowest BCUT2D eigenvalue weighted by Gasteiger charge is -2.40. The highest BCUT2D eigenvalue weighted by Gasteiger charge is 2.40. The molecular weight excluding hydrogens is 318 g/mol. The summed E-state index contributed by atoms with van der Waals surface area (Å²) in [5.74, 6) is -0.140. The maximum atomic E-state index is 12.7. The number of halogens is 1. The van der Waals surface area contributed by atoms with Gasteiger partial charge in [0, 0.05) is 26.3 Å². The molecule has 0 radical (unpaired) electrons. The molecule has 0 spiro atoms. The molecule has 2 fully saturated rings. The molecule has 8 heteroatoms. The maximum absolute atomic E-state index is 12.7. The highest BCUT2D eigenvalue weighted by Crippen LogP contribution is 2.28. The lowest BCUT2D eigenvalue weighted by atomic mass is 9.81. The molecule has 0 bridgehead atoms. The second kappa shape index (κ2) is 6.88. The van der Waals surface area contributed by atoms with E-state index in [1.165, 1.54) is 0 Å². The van der Waals surface area contributed by atoms with Crippen molar-refractivity contribution in [2.45, 2.75) is 37.6 Å². The first kappa shape index (κ1) is 17.7. The number of aryl methyl sites for hydroxylation is 1. The molecule has 1 aliphatic carbocycles. The molecule has 7 nitrogen and oxygen atoms in total. The van der Waals surface area contributed by atoms with Gasteiger partial charge in [0.05, 0.1) is 17.4 Å². The molecule has 0 unspecified atom stereocenters. The van der Waals surface area contributed by atoms with Gasteiger partial charge in [0.15, 0.2) is 0 Å². The second-order valence-electron chi connectivity index (χ2n) is 6.36. The summed E-state index contributed by atoms with van der Waals surface area (Å²) >= 11 is 0. The van der Waals surface area contributed by atoms with Gasteiger partial charge in [0.2, 0.25) is 11.8 Å². The zero-order valence-corrected chi connectivity index (χ0v) is 14.2. The summed E-state index contributed by atoms with van der Waals surface area (Å²) in [7, 11) is 1.81. The van der Waals surface area contributed by atoms with Crippen molar-refractivity contribution < 1.29 is 9.59 Å². The van der Waals surface area contributed by atoms with E-state index < -0.39 is 5.54 Å². The van der Waals surface area contributed by atoms with E-state index in [-0.39, 0.29) is 30.8 Å². The van der Waals surface area contributed by atoms with Crippen LogP contribution in [0.2, 0.25) is 0 Å². The molecule has 1 saturated carbocycles. The summed E-state index contributed by atoms with van der Waals surface area (Å²) in [5, 5.41) is 4.09. The molecule has 2 N–H and O–H groups in total. The van der Waals surface area contributed by atoms with Gasteiger partial charge in [-0.2, -0.15) is 5.10 Å². The highest BCUT2D eigenvalue weighted by molar-refractivity contribution is 5.99. The van der Waals surface area contributed by atoms with Gasteiger partial charge in [0.25, 0.3) is 0 Å². The lowest BCUT2D eigenvalue weighted by Crippen LogP contribution is -2.61. The standard InChI is InChI=1S/C15H23N5O2.ClH/c1-18-10-12(9-17-18)20-8-7-19(11-13(20)21)14(22)15(16)5-3-2-4-6-15;/h9-10H,2-8,11,16H2,1H3;1H. The summed E-state index contributed by atoms with van der Waals surface area (Å²) < 4.78 is 1.66. The van der Waals surface area contributed by atoms with E-state index in [0.717, 1.165) is 37.8 Å². The number of nitrogens with zero attached hydrogens (tertiary/aromatic N) is 4. The Hall–Kier alpha value is -1.60. The van der Waals surface area contributed by atoms with Gasteiger partial charge in [0.1, 0.15) is 6.54 Å². The number of carbonyl (C=O) groups is 2. The fourth-order valence-electron chi connectivity index (χ4n) is 3.38. The van der Waals surface area contributed by atoms with Crippen LogP contribution in [-0.2, 0) is 16.6 Å². The molecule has 2 aliphatic rings. The summed E-state index contributed by atoms with van der Waals surface area (Å²) in [6.45, 7) is 1.12. The van der Waals surface area contributed by atoms with Gasteiger partial charge in [-0.05, 0) is 12.8 Å². The predicted molar refractivity (Wildman–Crippen MR) is 89.4 cm³/mol. The van der Waals surface area contributed by atoms with Gasteiger partial charge in [-0.15, -0.1) is 12.4 Å². The average molecular weight is 342 g/mol. The van der Waals surface area contributed by atoms with Crippen LogP contribution in [0.4, 0.5) is 5.69 Å². The zero-order chi connectivity index (χ0) is 15.7. The van der Waals surface area contributed by atoms with Crippen LogP contribution in [0.25, 0.3) is 0 Å². The Bertz CT molecular complexity index is 582. The van der Waals surface area contributed by atoms with E-state index in [1.54, 1.807) is 26.9 Å². The molecule has 1 aromatic rings. The predicted octanol–water partition coefficient (Wildman–Crippen LogP) is 0.679. The Labute approximate surface area is 142 Å². The van der Waals surface area contributed by atoms with Crippen molar-refractivity contribution >= 4 is 29.9 Å². The molecule has 128 valence electrons. The van der Waals surface area contributed by atoms with Crippen molar-refractivity contribution in [2.75, 3.05) is 24.5 Å². The maximum Gasteiger partial charge on any atom is 0.246 e. The van der Waals surface area contributed by atoms with Crippen LogP contribution in [0.5, 0.6) is 0 Å². The number of carbonyl (C=O) groups excluding carboxylic acids is 2. The minimum Gasteiger partial charge on any atom is -0.330 e. The van der Waals surface area contributed by atoms with Crippen LogP contribution in [0.3, 0.4) is 0 Å². The Morgan fingerprint density at radius 2 is 1.96 bits per heavy atom. The van der Waals surface area contributed by atoms with Gasteiger partial charge in [-0.3, -0.25) is 14.3 Å². The molecule has 0 atom stereocenters. The minimum absolute atomic E-state index is 0. The van der Waals surface area contributed by atoms with E-state index in [9.17, 15) is 9.59 Å². The largest absolute Gasteiger partial charge is 0.330 e. The Kier molecular flexibility index (Phi) is 5.31. The smallest absolute Gasteiger partial charge is 0.246 e. The number of rotatable bonds is 2. The number of nitrogens with two attached hydrogens (primary N) is 1. The third-order valence-electron chi connectivity index (χ3n) is 4.68. The molecule has 3 rings (SSSR count). The van der Waals surface area contributed by atoms with E-state index in [1.807, 2.05) is 7.05 Å². The highest BCUT2D eigenvalue weighted by atomic mass is 35.5. The summed E-state index contributed by atoms with van der Waals surface area (Å²) in [5.41, 5.74) is 6.31. The Morgan fingerprint density at radius 1 is 1.26 bits per heavy atom. The molecule has 1 saturated heterocycles. The van der Waals surface area contributed by atoms with Crippen molar-refractivity contribution in [1.29, 1.82) is 0 Å². The topological polar surface area (TPSA) is 84.5 Å². The number of hydrogen-bond donors (Lipinski definition) is 1. The molecular formula is C15H24ClN5O2. The van der Waals surface area contributed by atoms with Crippen LogP contribution in [-0.4, -0.2) is 51.7 Å². The molecule has 1 aromatic heterocycles. The van der Waals surface area contributed by atoms with Crippen molar-refractivity contribution in [1.82, 2.24) is 14.7 Å². The van der Waals surface area contributed by atoms with Gasteiger partial charge in [-0.1, -0.05) is 19.3 Å². The number of amides is 2. The SMILES string of the molecule is Cl.Cn1cc(N2CCN(C(=O)C3(N)CCCCC3)CC2=O)cn1. The first-order chi connectivity index (χ1) is 10.5. The fraction of sp³-hybridized carbons (Fsp3) is 0.667. The number of aromatic nitrogens is 2. The van der Waals surface area contributed by atoms with Crippen molar-refractivity contribution in [3.05, 3.63) is 12.4 Å². The Balaban J connectivity index is 0.00000192. The third kappa shape index (κ3) is 3.50. The summed E-state index contributed by atoms with van der Waals surface area (Å²) in [6, 6.07) is 0. The monoisotopic (exact) mass is 341 g/mol. The van der Waals surface area contributed by atoms with Gasteiger partial charge < -0.3 is 15.5 Å². The zero-order valence-electron chi connectivity index (χ0n) is 13.4. The van der Waals surface area contributed by atoms with E-state index in [2.05, 4.69) is 5.10 Å². The van der Waals surface area contributed by atoms with E-state index in [4.69, 9.17) is 5.73 Å². The van der Waals surface area contributed by atoms with Crippen molar-refractivity contribution in [2.24, 2.45) is 12.8 Å². The van der Waals surface area contributed by atoms with Crippen molar-refractivity contribution in [3.8, 4) is 0 Å². The molecule has 23 heavy (non-hydrogen) atoms. The first-order valence-electron chi connectivity index (χ1n) is 7.87. The average Bonchev–Trinajstić information content (AvgIpc) is 2.93. The third-order valence-corrected chi connectivity index (χ3v) is 4.68. The van der Waals surface area contributed by atoms with Crippen LogP contribution < -0.4 is 10.6 Å². The quantitative estimate of drug-likeness (QED) is 0.857. The summed E-state index contributed by atoms with van der Waals surface area (Å²) in [4.78, 5) is 28.3. The lowest BCUT2D eigenvalue weighted by molar-refractivity contribution is -0.142.